The number of nitrogens with one attached hydrogen (secondary N) is 1. The predicted octanol–water partition coefficient (Wildman–Crippen LogP) is 1.80. The first-order chi connectivity index (χ1) is 6.33. The van der Waals surface area contributed by atoms with Gasteiger partial charge in [0.1, 0.15) is 5.75 Å². The Morgan fingerprint density at radius 3 is 2.64 bits per heavy atom. The van der Waals surface area contributed by atoms with Gasteiger partial charge in [-0.1, -0.05) is 6.07 Å². The summed E-state index contributed by atoms with van der Waals surface area (Å²) in [5.41, 5.74) is 2.89. The van der Waals surface area contributed by atoms with Gasteiger partial charge in [-0.05, 0) is 43.1 Å². The van der Waals surface area contributed by atoms with Crippen molar-refractivity contribution in [1.29, 1.82) is 0 Å². The van der Waals surface area contributed by atoms with E-state index in [9.17, 15) is 0 Å². The molecule has 1 aromatic rings. The van der Waals surface area contributed by atoms with E-state index in [1.165, 1.54) is 11.1 Å². The Bertz CT molecular complexity index is 314. The first kappa shape index (κ1) is 11.3. The Morgan fingerprint density at radius 2 is 2.00 bits per heavy atom. The van der Waals surface area contributed by atoms with E-state index in [0.29, 0.717) is 6.04 Å². The number of likely N-dealkylation sites (N-methyl/N-ethyl adjacent to an activating group) is 1. The van der Waals surface area contributed by atoms with E-state index in [4.69, 9.17) is 4.74 Å². The van der Waals surface area contributed by atoms with Crippen molar-refractivity contribution in [2.24, 2.45) is 0 Å². The van der Waals surface area contributed by atoms with Gasteiger partial charge in [0.2, 0.25) is 0 Å². The first-order valence-electron chi connectivity index (χ1n) is 4.66. The summed E-state index contributed by atoms with van der Waals surface area (Å²) in [5, 5.41) is 3.31. The summed E-state index contributed by atoms with van der Waals surface area (Å²) in [5.74, 6) is 0.968. The number of methoxy groups -OCH3 is 1. The quantitative estimate of drug-likeness (QED) is 0.809. The molecule has 0 fully saturated rings. The molecule has 2 nitrogen and oxygen atoms in total. The predicted molar refractivity (Wildman–Crippen MR) is 60.5 cm³/mol. The highest BCUT2D eigenvalue weighted by atomic mass is 35.5. The van der Waals surface area contributed by atoms with E-state index < -0.39 is 0 Å². The number of ether oxygens (including phenoxy) is 1. The van der Waals surface area contributed by atoms with E-state index in [-0.39, 0.29) is 12.4 Å². The highest BCUT2D eigenvalue weighted by Crippen LogP contribution is 2.25. The molecule has 78 valence electrons. The SMILES string of the molecule is CNC1Cc2ccc(OC)cc2C1.Cl. The van der Waals surface area contributed by atoms with E-state index in [2.05, 4.69) is 17.4 Å². The Balaban J connectivity index is 0.000000980. The monoisotopic (exact) mass is 213 g/mol. The molecule has 1 atom stereocenters. The highest BCUT2D eigenvalue weighted by Gasteiger charge is 2.19. The van der Waals surface area contributed by atoms with Crippen molar-refractivity contribution < 1.29 is 4.74 Å². The third-order valence-electron chi connectivity index (χ3n) is 2.75. The molecule has 0 heterocycles. The zero-order chi connectivity index (χ0) is 9.26. The second-order valence-corrected chi connectivity index (χ2v) is 3.53. The van der Waals surface area contributed by atoms with Crippen LogP contribution in [0.15, 0.2) is 18.2 Å². The van der Waals surface area contributed by atoms with Crippen LogP contribution < -0.4 is 10.1 Å². The molecule has 1 unspecified atom stereocenters. The molecule has 0 saturated heterocycles. The maximum absolute atomic E-state index is 5.19. The third kappa shape index (κ3) is 2.02. The highest BCUT2D eigenvalue weighted by molar-refractivity contribution is 5.85. The van der Waals surface area contributed by atoms with Crippen molar-refractivity contribution in [1.82, 2.24) is 5.32 Å². The molecule has 0 amide bonds. The summed E-state index contributed by atoms with van der Waals surface area (Å²) < 4.78 is 5.19. The summed E-state index contributed by atoms with van der Waals surface area (Å²) in [6.07, 6.45) is 2.28. The fourth-order valence-corrected chi connectivity index (χ4v) is 1.93. The minimum atomic E-state index is 0. The molecule has 1 aromatic carbocycles. The number of hydrogen-bond acceptors (Lipinski definition) is 2. The minimum absolute atomic E-state index is 0. The van der Waals surface area contributed by atoms with E-state index in [0.717, 1.165) is 18.6 Å². The lowest BCUT2D eigenvalue weighted by Gasteiger charge is -2.04. The molecule has 0 bridgehead atoms. The normalized spacial score (nSPS) is 18.6. The van der Waals surface area contributed by atoms with E-state index >= 15 is 0 Å². The molecular formula is C11H16ClNO. The average molecular weight is 214 g/mol. The van der Waals surface area contributed by atoms with Crippen molar-refractivity contribution in [3.05, 3.63) is 29.3 Å². The van der Waals surface area contributed by atoms with Gasteiger partial charge >= 0.3 is 0 Å². The van der Waals surface area contributed by atoms with Crippen molar-refractivity contribution >= 4 is 12.4 Å². The Kier molecular flexibility index (Phi) is 3.78. The van der Waals surface area contributed by atoms with Gasteiger partial charge in [-0.15, -0.1) is 12.4 Å². The lowest BCUT2D eigenvalue weighted by atomic mass is 10.1. The lowest BCUT2D eigenvalue weighted by Crippen LogP contribution is -2.24. The zero-order valence-corrected chi connectivity index (χ0v) is 9.36. The zero-order valence-electron chi connectivity index (χ0n) is 8.54. The topological polar surface area (TPSA) is 21.3 Å². The van der Waals surface area contributed by atoms with Crippen molar-refractivity contribution in [2.45, 2.75) is 18.9 Å². The van der Waals surface area contributed by atoms with Gasteiger partial charge in [0, 0.05) is 6.04 Å². The number of fused-ring (bicyclic) bond motifs is 1. The fraction of sp³-hybridized carbons (Fsp3) is 0.455. The second kappa shape index (κ2) is 4.67. The standard InChI is InChI=1S/C11H15NO.ClH/c1-12-10-5-8-3-4-11(13-2)7-9(8)6-10;/h3-4,7,10,12H,5-6H2,1-2H3;1H. The molecule has 0 saturated carbocycles. The van der Waals surface area contributed by atoms with Crippen LogP contribution in [-0.2, 0) is 12.8 Å². The van der Waals surface area contributed by atoms with Gasteiger partial charge in [-0.2, -0.15) is 0 Å². The number of hydrogen-bond donors (Lipinski definition) is 1. The van der Waals surface area contributed by atoms with Crippen LogP contribution in [0, 0.1) is 0 Å². The van der Waals surface area contributed by atoms with Crippen LogP contribution >= 0.6 is 12.4 Å². The minimum Gasteiger partial charge on any atom is -0.497 e. The maximum atomic E-state index is 5.19. The summed E-state index contributed by atoms with van der Waals surface area (Å²) >= 11 is 0. The Labute approximate surface area is 91.1 Å². The van der Waals surface area contributed by atoms with Crippen molar-refractivity contribution in [3.63, 3.8) is 0 Å². The molecular weight excluding hydrogens is 198 g/mol. The Hall–Kier alpha value is -0.730. The summed E-state index contributed by atoms with van der Waals surface area (Å²) in [4.78, 5) is 0. The van der Waals surface area contributed by atoms with Crippen LogP contribution in [0.2, 0.25) is 0 Å². The fourth-order valence-electron chi connectivity index (χ4n) is 1.93. The van der Waals surface area contributed by atoms with Crippen LogP contribution in [0.4, 0.5) is 0 Å². The maximum Gasteiger partial charge on any atom is 0.119 e. The summed E-state index contributed by atoms with van der Waals surface area (Å²) in [7, 11) is 3.74. The van der Waals surface area contributed by atoms with Gasteiger partial charge in [0.15, 0.2) is 0 Å². The molecule has 2 rings (SSSR count). The van der Waals surface area contributed by atoms with Gasteiger partial charge in [-0.25, -0.2) is 0 Å². The van der Waals surface area contributed by atoms with E-state index in [1.54, 1.807) is 7.11 Å². The molecule has 0 aromatic heterocycles. The van der Waals surface area contributed by atoms with Gasteiger partial charge in [0.05, 0.1) is 7.11 Å². The molecule has 1 aliphatic rings. The third-order valence-corrected chi connectivity index (χ3v) is 2.75. The molecule has 0 radical (unpaired) electrons. The second-order valence-electron chi connectivity index (χ2n) is 3.53. The number of rotatable bonds is 2. The van der Waals surface area contributed by atoms with Crippen LogP contribution in [0.5, 0.6) is 5.75 Å². The first-order valence-corrected chi connectivity index (χ1v) is 4.66. The summed E-state index contributed by atoms with van der Waals surface area (Å²) in [6.45, 7) is 0. The van der Waals surface area contributed by atoms with Crippen LogP contribution in [0.1, 0.15) is 11.1 Å². The number of benzene rings is 1. The lowest BCUT2D eigenvalue weighted by molar-refractivity contribution is 0.414. The van der Waals surface area contributed by atoms with E-state index in [1.807, 2.05) is 13.1 Å². The van der Waals surface area contributed by atoms with Crippen molar-refractivity contribution in [3.8, 4) is 5.75 Å². The molecule has 3 heteroatoms. The average Bonchev–Trinajstić information content (AvgIpc) is 2.58. The Morgan fingerprint density at radius 1 is 1.29 bits per heavy atom. The van der Waals surface area contributed by atoms with Crippen LogP contribution in [-0.4, -0.2) is 20.2 Å². The van der Waals surface area contributed by atoms with Crippen LogP contribution in [0.25, 0.3) is 0 Å². The smallest absolute Gasteiger partial charge is 0.119 e. The molecule has 1 N–H and O–H groups in total. The summed E-state index contributed by atoms with van der Waals surface area (Å²) in [6, 6.07) is 6.97. The molecule has 14 heavy (non-hydrogen) atoms. The van der Waals surface area contributed by atoms with Gasteiger partial charge in [0.25, 0.3) is 0 Å². The largest absolute Gasteiger partial charge is 0.497 e. The number of halogens is 1. The molecule has 0 aliphatic heterocycles. The molecule has 0 spiro atoms. The molecule has 1 aliphatic carbocycles. The van der Waals surface area contributed by atoms with Crippen LogP contribution in [0.3, 0.4) is 0 Å². The van der Waals surface area contributed by atoms with Gasteiger partial charge < -0.3 is 10.1 Å². The van der Waals surface area contributed by atoms with Crippen molar-refractivity contribution in [2.75, 3.05) is 14.2 Å². The van der Waals surface area contributed by atoms with Gasteiger partial charge in [-0.3, -0.25) is 0 Å².